The summed E-state index contributed by atoms with van der Waals surface area (Å²) in [6.07, 6.45) is 1.83. The van der Waals surface area contributed by atoms with Crippen molar-refractivity contribution < 1.29 is 19.5 Å². The van der Waals surface area contributed by atoms with Crippen molar-refractivity contribution in [2.24, 2.45) is 0 Å². The van der Waals surface area contributed by atoms with Gasteiger partial charge in [-0.05, 0) is 12.8 Å². The van der Waals surface area contributed by atoms with Gasteiger partial charge in [0.15, 0.2) is 0 Å². The fourth-order valence-corrected chi connectivity index (χ4v) is 1.31. The van der Waals surface area contributed by atoms with Gasteiger partial charge in [0.25, 0.3) is 5.91 Å². The van der Waals surface area contributed by atoms with Gasteiger partial charge in [-0.25, -0.2) is 0 Å². The third-order valence-electron chi connectivity index (χ3n) is 2.13. The average Bonchev–Trinajstić information content (AvgIpc) is 2.96. The molecule has 0 saturated heterocycles. The topological polar surface area (TPSA) is 98.7 Å². The molecule has 1 fully saturated rings. The predicted octanol–water partition coefficient (Wildman–Crippen LogP) is -1.30. The molecule has 0 aromatic heterocycles. The van der Waals surface area contributed by atoms with E-state index in [-0.39, 0.29) is 25.0 Å². The van der Waals surface area contributed by atoms with Gasteiger partial charge >= 0.3 is 5.97 Å². The molecule has 0 unspecified atom stereocenters. The molecule has 0 heterocycles. The van der Waals surface area contributed by atoms with Gasteiger partial charge in [0.2, 0.25) is 5.91 Å². The van der Waals surface area contributed by atoms with Crippen molar-refractivity contribution in [2.45, 2.75) is 25.8 Å². The number of hydrogen-bond acceptors (Lipinski definition) is 4. The molecule has 3 N–H and O–H groups in total. The maximum Gasteiger partial charge on any atom is 0.317 e. The lowest BCUT2D eigenvalue weighted by Crippen LogP contribution is -2.47. The fourth-order valence-electron chi connectivity index (χ4n) is 1.31. The molecule has 0 spiro atoms. The van der Waals surface area contributed by atoms with Gasteiger partial charge in [0.1, 0.15) is 0 Å². The Balaban J connectivity index is 2.33. The lowest BCUT2D eigenvalue weighted by atomic mass is 10.4. The minimum atomic E-state index is -0.959. The summed E-state index contributed by atoms with van der Waals surface area (Å²) in [4.78, 5) is 34.0. The number of nitrogens with one attached hydrogen (secondary N) is 2. The molecule has 0 bridgehead atoms. The molecule has 1 rings (SSSR count). The lowest BCUT2D eigenvalue weighted by Gasteiger charge is -2.18. The van der Waals surface area contributed by atoms with Gasteiger partial charge in [-0.15, -0.1) is 0 Å². The molecule has 0 aromatic rings. The summed E-state index contributed by atoms with van der Waals surface area (Å²) in [6.45, 7) is 1.10. The molecule has 7 nitrogen and oxygen atoms in total. The monoisotopic (exact) mass is 229 g/mol. The number of hydrazine groups is 1. The fraction of sp³-hybridized carbons (Fsp3) is 0.667. The summed E-state index contributed by atoms with van der Waals surface area (Å²) in [5.41, 5.74) is 4.35. The molecule has 2 amide bonds. The highest BCUT2D eigenvalue weighted by molar-refractivity contribution is 5.82. The summed E-state index contributed by atoms with van der Waals surface area (Å²) < 4.78 is 0. The first-order chi connectivity index (χ1) is 7.49. The summed E-state index contributed by atoms with van der Waals surface area (Å²) >= 11 is 0. The number of carboxylic acids is 1. The molecule has 0 aromatic carbocycles. The van der Waals surface area contributed by atoms with Crippen LogP contribution < -0.4 is 10.9 Å². The van der Waals surface area contributed by atoms with Crippen LogP contribution in [0.2, 0.25) is 0 Å². The van der Waals surface area contributed by atoms with Crippen LogP contribution in [0.15, 0.2) is 0 Å². The number of hydrogen-bond donors (Lipinski definition) is 3. The van der Waals surface area contributed by atoms with Gasteiger partial charge < -0.3 is 5.11 Å². The van der Waals surface area contributed by atoms with Crippen LogP contribution in [0.25, 0.3) is 0 Å². The molecule has 0 atom stereocenters. The van der Waals surface area contributed by atoms with Crippen LogP contribution in [0, 0.1) is 0 Å². The Morgan fingerprint density at radius 3 is 2.31 bits per heavy atom. The van der Waals surface area contributed by atoms with Crippen LogP contribution in [-0.2, 0) is 14.4 Å². The van der Waals surface area contributed by atoms with Gasteiger partial charge in [-0.1, -0.05) is 0 Å². The lowest BCUT2D eigenvalue weighted by molar-refractivity contribution is -0.139. The Hall–Kier alpha value is -1.63. The van der Waals surface area contributed by atoms with Crippen molar-refractivity contribution in [3.63, 3.8) is 0 Å². The molecular formula is C9H15N3O4. The van der Waals surface area contributed by atoms with Crippen molar-refractivity contribution in [3.8, 4) is 0 Å². The third kappa shape index (κ3) is 4.74. The molecular weight excluding hydrogens is 214 g/mol. The van der Waals surface area contributed by atoms with Crippen LogP contribution in [0.1, 0.15) is 19.8 Å². The number of nitrogens with zero attached hydrogens (tertiary/aromatic N) is 1. The SMILES string of the molecule is CC(=O)NNC(=O)CN(CC(=O)O)C1CC1. The summed E-state index contributed by atoms with van der Waals surface area (Å²) in [5, 5.41) is 8.65. The van der Waals surface area contributed by atoms with Gasteiger partial charge in [0, 0.05) is 13.0 Å². The van der Waals surface area contributed by atoms with E-state index in [0.29, 0.717) is 0 Å². The normalized spacial score (nSPS) is 14.6. The second kappa shape index (κ2) is 5.45. The zero-order valence-corrected chi connectivity index (χ0v) is 9.02. The van der Waals surface area contributed by atoms with E-state index in [0.717, 1.165) is 12.8 Å². The maximum absolute atomic E-state index is 11.3. The first kappa shape index (κ1) is 12.4. The highest BCUT2D eigenvalue weighted by atomic mass is 16.4. The van der Waals surface area contributed by atoms with E-state index in [1.807, 2.05) is 0 Å². The second-order valence-electron chi connectivity index (χ2n) is 3.76. The third-order valence-corrected chi connectivity index (χ3v) is 2.13. The number of carbonyl (C=O) groups is 3. The number of aliphatic carboxylic acids is 1. The summed E-state index contributed by atoms with van der Waals surface area (Å²) in [6, 6.07) is 0.180. The Morgan fingerprint density at radius 1 is 1.25 bits per heavy atom. The minimum absolute atomic E-state index is 0.0166. The Kier molecular flexibility index (Phi) is 4.24. The molecule has 1 saturated carbocycles. The van der Waals surface area contributed by atoms with Gasteiger partial charge in [-0.2, -0.15) is 0 Å². The van der Waals surface area contributed by atoms with Crippen LogP contribution in [0.3, 0.4) is 0 Å². The van der Waals surface area contributed by atoms with E-state index in [4.69, 9.17) is 5.11 Å². The standard InChI is InChI=1S/C9H15N3O4/c1-6(13)10-11-8(14)4-12(5-9(15)16)7-2-3-7/h7H,2-5H2,1H3,(H,10,13)(H,11,14)(H,15,16). The van der Waals surface area contributed by atoms with Crippen LogP contribution in [0.4, 0.5) is 0 Å². The van der Waals surface area contributed by atoms with Crippen LogP contribution in [0.5, 0.6) is 0 Å². The van der Waals surface area contributed by atoms with E-state index in [1.54, 1.807) is 4.90 Å². The molecule has 1 aliphatic rings. The van der Waals surface area contributed by atoms with Crippen molar-refractivity contribution in [3.05, 3.63) is 0 Å². The number of carboxylic acid groups (broad SMARTS) is 1. The number of carbonyl (C=O) groups excluding carboxylic acids is 2. The second-order valence-corrected chi connectivity index (χ2v) is 3.76. The average molecular weight is 229 g/mol. The largest absolute Gasteiger partial charge is 0.480 e. The van der Waals surface area contributed by atoms with Crippen LogP contribution >= 0.6 is 0 Å². The quantitative estimate of drug-likeness (QED) is 0.509. The highest BCUT2D eigenvalue weighted by Gasteiger charge is 2.31. The minimum Gasteiger partial charge on any atom is -0.480 e. The number of amides is 2. The number of rotatable bonds is 5. The van der Waals surface area contributed by atoms with Gasteiger partial charge in [-0.3, -0.25) is 30.1 Å². The Labute approximate surface area is 92.8 Å². The summed E-state index contributed by atoms with van der Waals surface area (Å²) in [7, 11) is 0. The molecule has 7 heteroatoms. The molecule has 1 aliphatic carbocycles. The van der Waals surface area contributed by atoms with Crippen molar-refractivity contribution in [1.29, 1.82) is 0 Å². The van der Waals surface area contributed by atoms with E-state index < -0.39 is 11.9 Å². The van der Waals surface area contributed by atoms with Crippen molar-refractivity contribution in [1.82, 2.24) is 15.8 Å². The van der Waals surface area contributed by atoms with E-state index in [9.17, 15) is 14.4 Å². The highest BCUT2D eigenvalue weighted by Crippen LogP contribution is 2.26. The predicted molar refractivity (Wildman–Crippen MR) is 54.2 cm³/mol. The first-order valence-electron chi connectivity index (χ1n) is 5.00. The smallest absolute Gasteiger partial charge is 0.317 e. The van der Waals surface area contributed by atoms with Crippen LogP contribution in [-0.4, -0.2) is 46.9 Å². The molecule has 90 valence electrons. The first-order valence-corrected chi connectivity index (χ1v) is 5.00. The molecule has 0 aliphatic heterocycles. The Morgan fingerprint density at radius 2 is 1.88 bits per heavy atom. The zero-order valence-electron chi connectivity index (χ0n) is 9.02. The zero-order chi connectivity index (χ0) is 12.1. The van der Waals surface area contributed by atoms with E-state index >= 15 is 0 Å². The van der Waals surface area contributed by atoms with E-state index in [2.05, 4.69) is 10.9 Å². The van der Waals surface area contributed by atoms with Crippen molar-refractivity contribution in [2.75, 3.05) is 13.1 Å². The summed E-state index contributed by atoms with van der Waals surface area (Å²) in [5.74, 6) is -1.74. The van der Waals surface area contributed by atoms with Gasteiger partial charge in [0.05, 0.1) is 13.1 Å². The Bertz CT molecular complexity index is 301. The molecule has 0 radical (unpaired) electrons. The maximum atomic E-state index is 11.3. The molecule has 16 heavy (non-hydrogen) atoms. The van der Waals surface area contributed by atoms with Crippen molar-refractivity contribution >= 4 is 17.8 Å². The van der Waals surface area contributed by atoms with E-state index in [1.165, 1.54) is 6.92 Å².